The molecule has 0 radical (unpaired) electrons. The van der Waals surface area contributed by atoms with Gasteiger partial charge in [0.05, 0.1) is 10.7 Å². The maximum atomic E-state index is 13.1. The van der Waals surface area contributed by atoms with Crippen LogP contribution in [0.1, 0.15) is 6.42 Å². The van der Waals surface area contributed by atoms with E-state index in [1.807, 2.05) is 0 Å². The number of para-hydroxylation sites is 1. The lowest BCUT2D eigenvalue weighted by Crippen LogP contribution is -2.50. The molecule has 0 amide bonds. The standard InChI is InChI=1S/C12H14ClF3N2/c13-9-4-1-2-5-10(9)18-7-3-6-17-8-11(18)12(14,15)16/h1-2,4-5,11,17H,3,6-8H2. The van der Waals surface area contributed by atoms with Crippen molar-refractivity contribution in [2.75, 3.05) is 24.5 Å². The molecule has 0 aromatic heterocycles. The maximum Gasteiger partial charge on any atom is 0.409 e. The molecule has 1 N–H and O–H groups in total. The SMILES string of the molecule is FC(F)(F)C1CNCCCN1c1ccccc1Cl. The van der Waals surface area contributed by atoms with Gasteiger partial charge in [-0.25, -0.2) is 0 Å². The summed E-state index contributed by atoms with van der Waals surface area (Å²) in [5.41, 5.74) is 0.449. The first-order chi connectivity index (χ1) is 8.50. The molecule has 100 valence electrons. The lowest BCUT2D eigenvalue weighted by Gasteiger charge is -2.33. The monoisotopic (exact) mass is 278 g/mol. The van der Waals surface area contributed by atoms with Crippen LogP contribution in [0.4, 0.5) is 18.9 Å². The number of nitrogens with zero attached hydrogens (tertiary/aromatic N) is 1. The van der Waals surface area contributed by atoms with E-state index in [0.717, 1.165) is 0 Å². The van der Waals surface area contributed by atoms with E-state index in [4.69, 9.17) is 11.6 Å². The zero-order valence-corrected chi connectivity index (χ0v) is 10.4. The van der Waals surface area contributed by atoms with Crippen LogP contribution in [-0.2, 0) is 0 Å². The highest BCUT2D eigenvalue weighted by molar-refractivity contribution is 6.33. The molecule has 1 fully saturated rings. The number of hydrogen-bond acceptors (Lipinski definition) is 2. The Morgan fingerprint density at radius 3 is 2.67 bits per heavy atom. The minimum atomic E-state index is -4.27. The van der Waals surface area contributed by atoms with Gasteiger partial charge in [0.2, 0.25) is 0 Å². The number of nitrogens with one attached hydrogen (secondary N) is 1. The van der Waals surface area contributed by atoms with Crippen molar-refractivity contribution < 1.29 is 13.2 Å². The number of benzene rings is 1. The number of hydrogen-bond donors (Lipinski definition) is 1. The van der Waals surface area contributed by atoms with Gasteiger partial charge in [-0.2, -0.15) is 13.2 Å². The molecule has 2 nitrogen and oxygen atoms in total. The molecule has 1 atom stereocenters. The van der Waals surface area contributed by atoms with E-state index in [1.165, 1.54) is 4.90 Å². The van der Waals surface area contributed by atoms with E-state index >= 15 is 0 Å². The Balaban J connectivity index is 2.34. The molecular formula is C12H14ClF3N2. The molecule has 1 unspecified atom stereocenters. The van der Waals surface area contributed by atoms with Crippen molar-refractivity contribution in [1.82, 2.24) is 5.32 Å². The molecule has 0 bridgehead atoms. The number of halogens is 4. The third kappa shape index (κ3) is 2.90. The Kier molecular flexibility index (Phi) is 4.02. The number of alkyl halides is 3. The summed E-state index contributed by atoms with van der Waals surface area (Å²) < 4.78 is 39.2. The van der Waals surface area contributed by atoms with Crippen molar-refractivity contribution in [2.45, 2.75) is 18.6 Å². The molecule has 1 aromatic rings. The van der Waals surface area contributed by atoms with Crippen LogP contribution in [-0.4, -0.2) is 31.9 Å². The second kappa shape index (κ2) is 5.36. The molecule has 18 heavy (non-hydrogen) atoms. The Hall–Kier alpha value is -0.940. The fourth-order valence-corrected chi connectivity index (χ4v) is 2.39. The average Bonchev–Trinajstić information content (AvgIpc) is 2.54. The summed E-state index contributed by atoms with van der Waals surface area (Å²) in [6.07, 6.45) is -3.60. The van der Waals surface area contributed by atoms with E-state index in [0.29, 0.717) is 30.2 Å². The van der Waals surface area contributed by atoms with Crippen molar-refractivity contribution in [3.63, 3.8) is 0 Å². The molecule has 1 aliphatic heterocycles. The van der Waals surface area contributed by atoms with Gasteiger partial charge in [0.1, 0.15) is 6.04 Å². The normalized spacial score (nSPS) is 21.8. The van der Waals surface area contributed by atoms with Crippen LogP contribution < -0.4 is 10.2 Å². The zero-order chi connectivity index (χ0) is 13.2. The molecule has 1 heterocycles. The first-order valence-electron chi connectivity index (χ1n) is 5.79. The maximum absolute atomic E-state index is 13.1. The van der Waals surface area contributed by atoms with Crippen LogP contribution in [0, 0.1) is 0 Å². The number of anilines is 1. The lowest BCUT2D eigenvalue weighted by molar-refractivity contribution is -0.147. The molecule has 1 aliphatic rings. The molecule has 1 saturated heterocycles. The lowest BCUT2D eigenvalue weighted by atomic mass is 10.2. The smallest absolute Gasteiger partial charge is 0.358 e. The van der Waals surface area contributed by atoms with E-state index in [-0.39, 0.29) is 6.54 Å². The van der Waals surface area contributed by atoms with Gasteiger partial charge in [0.25, 0.3) is 0 Å². The predicted octanol–water partition coefficient (Wildman–Crippen LogP) is 3.07. The molecular weight excluding hydrogens is 265 g/mol. The van der Waals surface area contributed by atoms with Crippen molar-refractivity contribution in [1.29, 1.82) is 0 Å². The first kappa shape index (κ1) is 13.5. The third-order valence-electron chi connectivity index (χ3n) is 3.01. The molecule has 1 aromatic carbocycles. The van der Waals surface area contributed by atoms with E-state index in [1.54, 1.807) is 24.3 Å². The highest BCUT2D eigenvalue weighted by Gasteiger charge is 2.44. The Morgan fingerprint density at radius 2 is 2.00 bits per heavy atom. The molecule has 0 spiro atoms. The zero-order valence-electron chi connectivity index (χ0n) is 9.67. The van der Waals surface area contributed by atoms with Gasteiger partial charge in [-0.05, 0) is 25.1 Å². The topological polar surface area (TPSA) is 15.3 Å². The van der Waals surface area contributed by atoms with E-state index in [2.05, 4.69) is 5.32 Å². The first-order valence-corrected chi connectivity index (χ1v) is 6.16. The van der Waals surface area contributed by atoms with Crippen LogP contribution in [0.3, 0.4) is 0 Å². The quantitative estimate of drug-likeness (QED) is 0.849. The van der Waals surface area contributed by atoms with Crippen LogP contribution in [0.25, 0.3) is 0 Å². The van der Waals surface area contributed by atoms with Crippen molar-refractivity contribution in [2.24, 2.45) is 0 Å². The van der Waals surface area contributed by atoms with Crippen LogP contribution in [0.15, 0.2) is 24.3 Å². The molecule has 0 saturated carbocycles. The second-order valence-corrected chi connectivity index (χ2v) is 4.67. The summed E-state index contributed by atoms with van der Waals surface area (Å²) in [5, 5.41) is 3.17. The second-order valence-electron chi connectivity index (χ2n) is 4.26. The van der Waals surface area contributed by atoms with Crippen molar-refractivity contribution >= 4 is 17.3 Å². The van der Waals surface area contributed by atoms with Crippen molar-refractivity contribution in [3.8, 4) is 0 Å². The summed E-state index contributed by atoms with van der Waals surface area (Å²) in [6, 6.07) is 5.13. The average molecular weight is 279 g/mol. The highest BCUT2D eigenvalue weighted by atomic mass is 35.5. The molecule has 6 heteroatoms. The van der Waals surface area contributed by atoms with Gasteiger partial charge in [-0.3, -0.25) is 0 Å². The summed E-state index contributed by atoms with van der Waals surface area (Å²) in [7, 11) is 0. The van der Waals surface area contributed by atoms with Gasteiger partial charge in [0, 0.05) is 13.1 Å². The number of rotatable bonds is 1. The van der Waals surface area contributed by atoms with Crippen LogP contribution >= 0.6 is 11.6 Å². The van der Waals surface area contributed by atoms with E-state index < -0.39 is 12.2 Å². The Bertz CT molecular complexity index is 409. The van der Waals surface area contributed by atoms with Crippen LogP contribution in [0.5, 0.6) is 0 Å². The minimum absolute atomic E-state index is 0.102. The van der Waals surface area contributed by atoms with Gasteiger partial charge < -0.3 is 10.2 Å². The Morgan fingerprint density at radius 1 is 1.28 bits per heavy atom. The summed E-state index contributed by atoms with van der Waals surface area (Å²) in [4.78, 5) is 1.35. The van der Waals surface area contributed by atoms with Crippen molar-refractivity contribution in [3.05, 3.63) is 29.3 Å². The predicted molar refractivity (Wildman–Crippen MR) is 66.1 cm³/mol. The fraction of sp³-hybridized carbons (Fsp3) is 0.500. The van der Waals surface area contributed by atoms with Gasteiger partial charge >= 0.3 is 6.18 Å². The van der Waals surface area contributed by atoms with Crippen LogP contribution in [0.2, 0.25) is 5.02 Å². The third-order valence-corrected chi connectivity index (χ3v) is 3.33. The fourth-order valence-electron chi connectivity index (χ4n) is 2.14. The van der Waals surface area contributed by atoms with Gasteiger partial charge in [-0.15, -0.1) is 0 Å². The Labute approximate surface area is 109 Å². The summed E-state index contributed by atoms with van der Waals surface area (Å²) in [5.74, 6) is 0. The summed E-state index contributed by atoms with van der Waals surface area (Å²) in [6.45, 7) is 0.836. The molecule has 2 rings (SSSR count). The van der Waals surface area contributed by atoms with Gasteiger partial charge in [-0.1, -0.05) is 23.7 Å². The molecule has 0 aliphatic carbocycles. The minimum Gasteiger partial charge on any atom is -0.358 e. The van der Waals surface area contributed by atoms with E-state index in [9.17, 15) is 13.2 Å². The van der Waals surface area contributed by atoms with Gasteiger partial charge in [0.15, 0.2) is 0 Å². The largest absolute Gasteiger partial charge is 0.409 e. The highest BCUT2D eigenvalue weighted by Crippen LogP contribution is 2.33. The summed E-state index contributed by atoms with van der Waals surface area (Å²) >= 11 is 6.00.